The molecule has 2 heterocycles. The number of aliphatic hydroxyl groups excluding tert-OH is 7. The number of benzene rings is 1. The molecule has 2 fully saturated rings. The van der Waals surface area contributed by atoms with Crippen molar-refractivity contribution in [1.82, 2.24) is 0 Å². The molecule has 0 unspecified atom stereocenters. The summed E-state index contributed by atoms with van der Waals surface area (Å²) < 4.78 is 21.0. The zero-order valence-corrected chi connectivity index (χ0v) is 17.8. The van der Waals surface area contributed by atoms with Gasteiger partial charge in [-0.3, -0.25) is 0 Å². The molecule has 0 aliphatic carbocycles. The number of phenolic OH excluding ortho intramolecular Hbond substituents is 1. The molecule has 0 radical (unpaired) electrons. The van der Waals surface area contributed by atoms with Gasteiger partial charge in [0.05, 0.1) is 6.61 Å². The molecule has 3 rings (SSSR count). The highest BCUT2D eigenvalue weighted by molar-refractivity contribution is 5.87. The molecule has 1 aromatic rings. The zero-order chi connectivity index (χ0) is 25.0. The van der Waals surface area contributed by atoms with Crippen LogP contribution in [0.4, 0.5) is 0 Å². The van der Waals surface area contributed by atoms with Gasteiger partial charge in [0, 0.05) is 6.08 Å². The van der Waals surface area contributed by atoms with Gasteiger partial charge < -0.3 is 59.8 Å². The number of carbonyl (C=O) groups is 1. The molecule has 0 aromatic heterocycles. The number of rotatable bonds is 8. The van der Waals surface area contributed by atoms with Gasteiger partial charge >= 0.3 is 5.97 Å². The first-order chi connectivity index (χ1) is 16.1. The van der Waals surface area contributed by atoms with E-state index in [1.54, 1.807) is 12.1 Å². The average molecular weight is 488 g/mol. The standard InChI is InChI=1S/C21H28O13/c22-7-12-16(27)19(30)21(9-23,33-12)34-20-18(29)17(28)15(26)13(32-20)8-31-14(25)6-3-10-1-4-11(24)5-2-10/h1-6,12-13,15-20,22-24,26-30H,7-9H2/b6-3+/t12-,13+,15+,16-,17-,18+,19+,20+,21+/m0/s1. The Morgan fingerprint density at radius 1 is 0.971 bits per heavy atom. The second-order valence-electron chi connectivity index (χ2n) is 7.93. The molecule has 0 bridgehead atoms. The molecule has 13 nitrogen and oxygen atoms in total. The Morgan fingerprint density at radius 3 is 2.24 bits per heavy atom. The fraction of sp³-hybridized carbons (Fsp3) is 0.571. The summed E-state index contributed by atoms with van der Waals surface area (Å²) in [5.74, 6) is -3.08. The van der Waals surface area contributed by atoms with Crippen LogP contribution in [-0.2, 0) is 23.7 Å². The van der Waals surface area contributed by atoms with E-state index in [4.69, 9.17) is 18.9 Å². The molecule has 1 aromatic carbocycles. The maximum atomic E-state index is 12.0. The van der Waals surface area contributed by atoms with Crippen molar-refractivity contribution >= 4 is 12.0 Å². The minimum absolute atomic E-state index is 0.0561. The Morgan fingerprint density at radius 2 is 1.65 bits per heavy atom. The summed E-state index contributed by atoms with van der Waals surface area (Å²) in [7, 11) is 0. The van der Waals surface area contributed by atoms with Gasteiger partial charge in [0.15, 0.2) is 6.29 Å². The normalized spacial score (nSPS) is 38.3. The van der Waals surface area contributed by atoms with Crippen LogP contribution in [0.25, 0.3) is 6.08 Å². The monoisotopic (exact) mass is 488 g/mol. The van der Waals surface area contributed by atoms with Crippen molar-refractivity contribution < 1.29 is 64.6 Å². The molecule has 9 atom stereocenters. The molecular formula is C21H28O13. The Labute approximate surface area is 193 Å². The fourth-order valence-corrected chi connectivity index (χ4v) is 3.58. The van der Waals surface area contributed by atoms with E-state index in [9.17, 15) is 45.6 Å². The number of hydrogen-bond donors (Lipinski definition) is 8. The highest BCUT2D eigenvalue weighted by Crippen LogP contribution is 2.36. The lowest BCUT2D eigenvalue weighted by molar-refractivity contribution is -0.383. The van der Waals surface area contributed by atoms with E-state index in [1.807, 2.05) is 0 Å². The predicted octanol–water partition coefficient (Wildman–Crippen LogP) is -3.43. The van der Waals surface area contributed by atoms with Crippen molar-refractivity contribution in [3.8, 4) is 5.75 Å². The van der Waals surface area contributed by atoms with Crippen LogP contribution in [0.2, 0.25) is 0 Å². The maximum absolute atomic E-state index is 12.0. The summed E-state index contributed by atoms with van der Waals surface area (Å²) >= 11 is 0. The molecule has 13 heteroatoms. The van der Waals surface area contributed by atoms with Gasteiger partial charge in [-0.25, -0.2) is 4.79 Å². The summed E-state index contributed by atoms with van der Waals surface area (Å²) in [6.07, 6.45) is -10.9. The number of esters is 1. The molecule has 0 saturated carbocycles. The van der Waals surface area contributed by atoms with Gasteiger partial charge in [-0.05, 0) is 23.8 Å². The van der Waals surface area contributed by atoms with Gasteiger partial charge in [0.1, 0.15) is 61.7 Å². The lowest BCUT2D eigenvalue weighted by atomic mass is 9.99. The summed E-state index contributed by atoms with van der Waals surface area (Å²) in [5.41, 5.74) is 0.600. The van der Waals surface area contributed by atoms with Gasteiger partial charge in [-0.2, -0.15) is 0 Å². The number of aliphatic hydroxyl groups is 7. The van der Waals surface area contributed by atoms with Crippen molar-refractivity contribution in [2.75, 3.05) is 19.8 Å². The molecule has 0 amide bonds. The van der Waals surface area contributed by atoms with Crippen LogP contribution in [0, 0.1) is 0 Å². The third-order valence-electron chi connectivity index (χ3n) is 5.59. The van der Waals surface area contributed by atoms with Crippen molar-refractivity contribution in [2.45, 2.75) is 54.8 Å². The topological polar surface area (TPSA) is 216 Å². The molecule has 190 valence electrons. The summed E-state index contributed by atoms with van der Waals surface area (Å²) in [4.78, 5) is 12.0. The predicted molar refractivity (Wildman–Crippen MR) is 110 cm³/mol. The number of carbonyl (C=O) groups excluding carboxylic acids is 1. The first-order valence-corrected chi connectivity index (χ1v) is 10.4. The van der Waals surface area contributed by atoms with E-state index < -0.39 is 80.6 Å². The smallest absolute Gasteiger partial charge is 0.330 e. The maximum Gasteiger partial charge on any atom is 0.330 e. The van der Waals surface area contributed by atoms with Crippen molar-refractivity contribution in [2.24, 2.45) is 0 Å². The lowest BCUT2D eigenvalue weighted by Crippen LogP contribution is -2.62. The molecule has 34 heavy (non-hydrogen) atoms. The Bertz CT molecular complexity index is 846. The van der Waals surface area contributed by atoms with Crippen molar-refractivity contribution in [3.05, 3.63) is 35.9 Å². The first kappa shape index (κ1) is 26.4. The largest absolute Gasteiger partial charge is 0.508 e. The van der Waals surface area contributed by atoms with Crippen molar-refractivity contribution in [1.29, 1.82) is 0 Å². The first-order valence-electron chi connectivity index (χ1n) is 10.4. The van der Waals surface area contributed by atoms with E-state index in [1.165, 1.54) is 18.2 Å². The minimum atomic E-state index is -2.31. The molecule has 8 N–H and O–H groups in total. The van der Waals surface area contributed by atoms with E-state index >= 15 is 0 Å². The summed E-state index contributed by atoms with van der Waals surface area (Å²) in [6.45, 7) is -2.30. The summed E-state index contributed by atoms with van der Waals surface area (Å²) in [5, 5.41) is 79.1. The number of phenols is 1. The Hall–Kier alpha value is -2.17. The highest BCUT2D eigenvalue weighted by atomic mass is 16.8. The molecule has 2 aliphatic heterocycles. The van der Waals surface area contributed by atoms with Crippen molar-refractivity contribution in [3.63, 3.8) is 0 Å². The van der Waals surface area contributed by atoms with Crippen LogP contribution in [0.5, 0.6) is 5.75 Å². The number of hydrogen-bond acceptors (Lipinski definition) is 13. The number of ether oxygens (including phenoxy) is 4. The second kappa shape index (κ2) is 11.0. The van der Waals surface area contributed by atoms with E-state index in [-0.39, 0.29) is 5.75 Å². The third-order valence-corrected chi connectivity index (χ3v) is 5.59. The highest BCUT2D eigenvalue weighted by Gasteiger charge is 2.58. The molecule has 2 saturated heterocycles. The quantitative estimate of drug-likeness (QED) is 0.132. The third kappa shape index (κ3) is 5.55. The zero-order valence-electron chi connectivity index (χ0n) is 17.8. The second-order valence-corrected chi connectivity index (χ2v) is 7.93. The SMILES string of the molecule is O=C(/C=C/c1ccc(O)cc1)OC[C@H]1O[C@H](O[C@@]2(CO)O[C@@H](CO)[C@H](O)[C@H]2O)[C@H](O)[C@@H](O)[C@@H]1O. The summed E-state index contributed by atoms with van der Waals surface area (Å²) in [6, 6.07) is 5.97. The van der Waals surface area contributed by atoms with Crippen LogP contribution >= 0.6 is 0 Å². The van der Waals surface area contributed by atoms with E-state index in [2.05, 4.69) is 0 Å². The van der Waals surface area contributed by atoms with Gasteiger partial charge in [0.25, 0.3) is 0 Å². The van der Waals surface area contributed by atoms with Gasteiger partial charge in [-0.1, -0.05) is 12.1 Å². The Kier molecular flexibility index (Phi) is 8.59. The van der Waals surface area contributed by atoms with Crippen LogP contribution in [0.15, 0.2) is 30.3 Å². The lowest BCUT2D eigenvalue weighted by Gasteiger charge is -2.43. The van der Waals surface area contributed by atoms with E-state index in [0.29, 0.717) is 5.56 Å². The van der Waals surface area contributed by atoms with Crippen LogP contribution in [-0.4, -0.2) is 121 Å². The van der Waals surface area contributed by atoms with Crippen LogP contribution in [0.1, 0.15) is 5.56 Å². The minimum Gasteiger partial charge on any atom is -0.508 e. The number of aromatic hydroxyl groups is 1. The molecule has 0 spiro atoms. The molecule has 2 aliphatic rings. The van der Waals surface area contributed by atoms with Crippen LogP contribution < -0.4 is 0 Å². The van der Waals surface area contributed by atoms with Gasteiger partial charge in [-0.15, -0.1) is 0 Å². The Balaban J connectivity index is 1.64. The van der Waals surface area contributed by atoms with E-state index in [0.717, 1.165) is 6.08 Å². The average Bonchev–Trinajstić information content (AvgIpc) is 3.08. The fourth-order valence-electron chi connectivity index (χ4n) is 3.58. The molecular weight excluding hydrogens is 460 g/mol. The van der Waals surface area contributed by atoms with Crippen LogP contribution in [0.3, 0.4) is 0 Å². The van der Waals surface area contributed by atoms with Gasteiger partial charge in [0.2, 0.25) is 5.79 Å².